The molecule has 2 nitrogen and oxygen atoms in total. The van der Waals surface area contributed by atoms with Gasteiger partial charge in [0.1, 0.15) is 5.82 Å². The van der Waals surface area contributed by atoms with Crippen LogP contribution in [0, 0.1) is 12.7 Å². The summed E-state index contributed by atoms with van der Waals surface area (Å²) in [4.78, 5) is 14.2. The summed E-state index contributed by atoms with van der Waals surface area (Å²) in [6.45, 7) is 5.73. The molecule has 2 rings (SSSR count). The van der Waals surface area contributed by atoms with Crippen molar-refractivity contribution in [3.05, 3.63) is 46.0 Å². The number of fused-ring (bicyclic) bond motifs is 1. The Labute approximate surface area is 89.2 Å². The number of nitrogens with one attached hydrogen (secondary N) is 1. The predicted molar refractivity (Wildman–Crippen MR) is 62.7 cm³/mol. The van der Waals surface area contributed by atoms with Crippen molar-refractivity contribution in [2.24, 2.45) is 0 Å². The lowest BCUT2D eigenvalue weighted by molar-refractivity contribution is 0.636. The van der Waals surface area contributed by atoms with E-state index in [1.807, 2.05) is 13.8 Å². The lowest BCUT2D eigenvalue weighted by atomic mass is 10.2. The average Bonchev–Trinajstić information content (AvgIpc) is 2.23. The lowest BCUT2D eigenvalue weighted by Crippen LogP contribution is -2.03. The summed E-state index contributed by atoms with van der Waals surface area (Å²) in [5, 5.41) is 0.394. The standard InChI is InChI=1S/C10H8FNO.C2H6.H2/c1-6-5-9(13)7-3-2-4-8(11)10(7)12-6;1-2;/h2-5H,1H3,(H,12,13);1-2H3;1H. The number of pyridine rings is 1. The number of hydrogen-bond acceptors (Lipinski definition) is 1. The molecule has 0 spiro atoms. The van der Waals surface area contributed by atoms with Crippen LogP contribution in [0.3, 0.4) is 0 Å². The Balaban J connectivity index is 0.000000711. The molecule has 0 unspecified atom stereocenters. The van der Waals surface area contributed by atoms with E-state index in [1.54, 1.807) is 13.0 Å². The fraction of sp³-hybridized carbons (Fsp3) is 0.250. The first kappa shape index (κ1) is 11.4. The highest BCUT2D eigenvalue weighted by atomic mass is 19.1. The van der Waals surface area contributed by atoms with Crippen LogP contribution < -0.4 is 5.43 Å². The van der Waals surface area contributed by atoms with Gasteiger partial charge in [0, 0.05) is 18.6 Å². The Bertz CT molecular complexity index is 522. The van der Waals surface area contributed by atoms with Crippen LogP contribution in [0.15, 0.2) is 29.1 Å². The van der Waals surface area contributed by atoms with Crippen molar-refractivity contribution in [1.82, 2.24) is 4.98 Å². The molecule has 3 heteroatoms. The summed E-state index contributed by atoms with van der Waals surface area (Å²) in [5.74, 6) is -0.390. The molecule has 1 aromatic heterocycles. The van der Waals surface area contributed by atoms with Gasteiger partial charge in [0.15, 0.2) is 5.43 Å². The van der Waals surface area contributed by atoms with Crippen LogP contribution >= 0.6 is 0 Å². The molecule has 0 radical (unpaired) electrons. The highest BCUT2D eigenvalue weighted by Crippen LogP contribution is 2.11. The highest BCUT2D eigenvalue weighted by molar-refractivity contribution is 5.78. The monoisotopic (exact) mass is 209 g/mol. The molecule has 2 aromatic rings. The van der Waals surface area contributed by atoms with Crippen LogP contribution in [0.5, 0.6) is 0 Å². The minimum atomic E-state index is -0.390. The van der Waals surface area contributed by atoms with Crippen LogP contribution in [0.4, 0.5) is 4.39 Å². The largest absolute Gasteiger partial charge is 0.356 e. The number of aromatic amines is 1. The second kappa shape index (κ2) is 4.73. The topological polar surface area (TPSA) is 32.9 Å². The Morgan fingerprint density at radius 1 is 1.33 bits per heavy atom. The molecule has 0 aliphatic rings. The van der Waals surface area contributed by atoms with Crippen molar-refractivity contribution in [2.75, 3.05) is 0 Å². The van der Waals surface area contributed by atoms with Crippen LogP contribution in [0.1, 0.15) is 21.0 Å². The van der Waals surface area contributed by atoms with E-state index >= 15 is 0 Å². The van der Waals surface area contributed by atoms with E-state index in [4.69, 9.17) is 0 Å². The second-order valence-electron chi connectivity index (χ2n) is 2.98. The van der Waals surface area contributed by atoms with E-state index in [-0.39, 0.29) is 12.4 Å². The Morgan fingerprint density at radius 3 is 2.67 bits per heavy atom. The third-order valence-corrected chi connectivity index (χ3v) is 1.95. The molecule has 0 amide bonds. The fourth-order valence-electron chi connectivity index (χ4n) is 1.36. The van der Waals surface area contributed by atoms with E-state index < -0.39 is 5.82 Å². The average molecular weight is 209 g/mol. The van der Waals surface area contributed by atoms with Gasteiger partial charge in [-0.25, -0.2) is 4.39 Å². The van der Waals surface area contributed by atoms with Crippen molar-refractivity contribution in [3.8, 4) is 0 Å². The Kier molecular flexibility index (Phi) is 3.61. The van der Waals surface area contributed by atoms with Crippen molar-refractivity contribution in [2.45, 2.75) is 20.8 Å². The summed E-state index contributed by atoms with van der Waals surface area (Å²) in [5.41, 5.74) is 0.806. The maximum Gasteiger partial charge on any atom is 0.189 e. The van der Waals surface area contributed by atoms with E-state index in [0.29, 0.717) is 11.1 Å². The number of aryl methyl sites for hydroxylation is 1. The summed E-state index contributed by atoms with van der Waals surface area (Å²) in [6.07, 6.45) is 0. The molecular weight excluding hydrogens is 193 g/mol. The van der Waals surface area contributed by atoms with Crippen LogP contribution in [-0.2, 0) is 0 Å². The molecule has 0 bridgehead atoms. The molecule has 0 saturated carbocycles. The van der Waals surface area contributed by atoms with Gasteiger partial charge < -0.3 is 4.98 Å². The van der Waals surface area contributed by atoms with Gasteiger partial charge in [0.25, 0.3) is 0 Å². The second-order valence-corrected chi connectivity index (χ2v) is 2.98. The van der Waals surface area contributed by atoms with E-state index in [0.717, 1.165) is 0 Å². The molecule has 0 saturated heterocycles. The van der Waals surface area contributed by atoms with Gasteiger partial charge in [-0.1, -0.05) is 19.9 Å². The van der Waals surface area contributed by atoms with Gasteiger partial charge in [0.2, 0.25) is 0 Å². The van der Waals surface area contributed by atoms with Crippen molar-refractivity contribution in [3.63, 3.8) is 0 Å². The van der Waals surface area contributed by atoms with Crippen molar-refractivity contribution >= 4 is 10.9 Å². The Hall–Kier alpha value is -1.64. The number of rotatable bonds is 0. The molecule has 82 valence electrons. The molecule has 0 atom stereocenters. The first-order valence-corrected chi connectivity index (χ1v) is 4.96. The maximum atomic E-state index is 13.2. The molecule has 0 fully saturated rings. The fourth-order valence-corrected chi connectivity index (χ4v) is 1.36. The minimum Gasteiger partial charge on any atom is -0.356 e. The van der Waals surface area contributed by atoms with Gasteiger partial charge in [-0.15, -0.1) is 0 Å². The molecule has 1 heterocycles. The Morgan fingerprint density at radius 2 is 2.00 bits per heavy atom. The van der Waals surface area contributed by atoms with E-state index in [2.05, 4.69) is 4.98 Å². The van der Waals surface area contributed by atoms with Crippen LogP contribution in [0.25, 0.3) is 10.9 Å². The number of halogens is 1. The third kappa shape index (κ3) is 2.24. The maximum absolute atomic E-state index is 13.2. The van der Waals surface area contributed by atoms with Gasteiger partial charge in [0.05, 0.1) is 5.52 Å². The summed E-state index contributed by atoms with van der Waals surface area (Å²) < 4.78 is 13.2. The zero-order valence-corrected chi connectivity index (χ0v) is 9.10. The van der Waals surface area contributed by atoms with Crippen LogP contribution in [0.2, 0.25) is 0 Å². The van der Waals surface area contributed by atoms with Gasteiger partial charge >= 0.3 is 0 Å². The number of aromatic nitrogens is 1. The summed E-state index contributed by atoms with van der Waals surface area (Å²) in [6, 6.07) is 5.93. The molecule has 15 heavy (non-hydrogen) atoms. The van der Waals surface area contributed by atoms with Gasteiger partial charge in [-0.3, -0.25) is 4.79 Å². The van der Waals surface area contributed by atoms with Crippen molar-refractivity contribution in [1.29, 1.82) is 0 Å². The van der Waals surface area contributed by atoms with E-state index in [9.17, 15) is 9.18 Å². The molecule has 1 N–H and O–H groups in total. The number of para-hydroxylation sites is 1. The molecule has 1 aromatic carbocycles. The summed E-state index contributed by atoms with van der Waals surface area (Å²) in [7, 11) is 0. The van der Waals surface area contributed by atoms with Crippen molar-refractivity contribution < 1.29 is 5.82 Å². The SMILES string of the molecule is CC.Cc1cc(=O)c2cccc(F)c2[nH]1.[HH]. The zero-order valence-electron chi connectivity index (χ0n) is 9.10. The number of hydrogen-bond donors (Lipinski definition) is 1. The normalized spacial score (nSPS) is 9.60. The lowest BCUT2D eigenvalue weighted by Gasteiger charge is -1.99. The van der Waals surface area contributed by atoms with E-state index in [1.165, 1.54) is 18.2 Å². The molecule has 0 aliphatic heterocycles. The number of H-pyrrole nitrogens is 1. The van der Waals surface area contributed by atoms with Gasteiger partial charge in [-0.2, -0.15) is 0 Å². The quantitative estimate of drug-likeness (QED) is 0.709. The smallest absolute Gasteiger partial charge is 0.189 e. The highest BCUT2D eigenvalue weighted by Gasteiger charge is 2.03. The minimum absolute atomic E-state index is 0. The molecule has 0 aliphatic carbocycles. The summed E-state index contributed by atoms with van der Waals surface area (Å²) >= 11 is 0. The van der Waals surface area contributed by atoms with Crippen LogP contribution in [-0.4, -0.2) is 4.98 Å². The predicted octanol–water partition coefficient (Wildman–Crippen LogP) is 3.25. The molecular formula is C12H16FNO. The van der Waals surface area contributed by atoms with Gasteiger partial charge in [-0.05, 0) is 19.1 Å². The third-order valence-electron chi connectivity index (χ3n) is 1.95. The first-order chi connectivity index (χ1) is 7.18. The number of benzene rings is 1. The first-order valence-electron chi connectivity index (χ1n) is 4.96. The zero-order chi connectivity index (χ0) is 11.4.